The molecule has 21 heavy (non-hydrogen) atoms. The number of hydrogen-bond donors (Lipinski definition) is 2. The molecule has 0 atom stereocenters. The Morgan fingerprint density at radius 2 is 1.86 bits per heavy atom. The van der Waals surface area contributed by atoms with E-state index in [1.807, 2.05) is 0 Å². The second-order valence-corrected chi connectivity index (χ2v) is 4.48. The van der Waals surface area contributed by atoms with Gasteiger partial charge in [-0.1, -0.05) is 0 Å². The molecule has 5 nitrogen and oxygen atoms in total. The maximum absolute atomic E-state index is 13.6. The minimum absolute atomic E-state index is 0.150. The summed E-state index contributed by atoms with van der Waals surface area (Å²) in [6.45, 7) is 0.925. The molecule has 1 heterocycles. The number of halogens is 1. The first-order valence-electron chi connectivity index (χ1n) is 6.33. The summed E-state index contributed by atoms with van der Waals surface area (Å²) in [5.74, 6) is -0.488. The van der Waals surface area contributed by atoms with Crippen molar-refractivity contribution in [1.82, 2.24) is 0 Å². The van der Waals surface area contributed by atoms with Gasteiger partial charge in [0.05, 0.1) is 5.56 Å². The Hall–Kier alpha value is -2.76. The highest BCUT2D eigenvalue weighted by Gasteiger charge is 2.15. The van der Waals surface area contributed by atoms with Crippen LogP contribution in [0.1, 0.15) is 10.4 Å². The number of ether oxygens (including phenoxy) is 2. The Labute approximate surface area is 119 Å². The van der Waals surface area contributed by atoms with E-state index in [0.717, 1.165) is 6.07 Å². The van der Waals surface area contributed by atoms with Gasteiger partial charge in [-0.15, -0.1) is 0 Å². The zero-order chi connectivity index (χ0) is 14.8. The number of phenols is 1. The van der Waals surface area contributed by atoms with Crippen molar-refractivity contribution in [3.05, 3.63) is 47.8 Å². The normalized spacial score (nSPS) is 12.8. The lowest BCUT2D eigenvalue weighted by molar-refractivity contribution is 0.102. The summed E-state index contributed by atoms with van der Waals surface area (Å²) in [4.78, 5) is 12.0. The Bertz CT molecular complexity index is 702. The molecule has 0 radical (unpaired) electrons. The van der Waals surface area contributed by atoms with E-state index < -0.39 is 11.7 Å². The fraction of sp³-hybridized carbons (Fsp3) is 0.133. The van der Waals surface area contributed by atoms with Gasteiger partial charge in [0, 0.05) is 17.8 Å². The second-order valence-electron chi connectivity index (χ2n) is 4.48. The molecule has 0 aromatic heterocycles. The van der Waals surface area contributed by atoms with E-state index in [1.54, 1.807) is 18.2 Å². The molecule has 0 saturated carbocycles. The number of anilines is 1. The van der Waals surface area contributed by atoms with Gasteiger partial charge in [0.25, 0.3) is 5.91 Å². The van der Waals surface area contributed by atoms with Gasteiger partial charge in [0.15, 0.2) is 11.5 Å². The van der Waals surface area contributed by atoms with Gasteiger partial charge in [-0.05, 0) is 24.3 Å². The van der Waals surface area contributed by atoms with Crippen LogP contribution in [-0.4, -0.2) is 24.2 Å². The molecule has 0 bridgehead atoms. The summed E-state index contributed by atoms with van der Waals surface area (Å²) in [6.07, 6.45) is 0. The van der Waals surface area contributed by atoms with Crippen molar-refractivity contribution in [2.45, 2.75) is 0 Å². The summed E-state index contributed by atoms with van der Waals surface area (Å²) >= 11 is 0. The molecule has 1 amide bonds. The third-order valence-electron chi connectivity index (χ3n) is 3.00. The zero-order valence-electron chi connectivity index (χ0n) is 10.9. The molecule has 0 aliphatic carbocycles. The molecule has 0 fully saturated rings. The molecule has 1 aliphatic rings. The lowest BCUT2D eigenvalue weighted by Crippen LogP contribution is -2.17. The Kier molecular flexibility index (Phi) is 3.35. The largest absolute Gasteiger partial charge is 0.508 e. The van der Waals surface area contributed by atoms with Crippen LogP contribution in [0.5, 0.6) is 17.2 Å². The number of benzene rings is 2. The monoisotopic (exact) mass is 289 g/mol. The smallest absolute Gasteiger partial charge is 0.258 e. The number of hydrogen-bond acceptors (Lipinski definition) is 4. The van der Waals surface area contributed by atoms with Crippen LogP contribution in [0.4, 0.5) is 10.1 Å². The van der Waals surface area contributed by atoms with Crippen LogP contribution in [0.3, 0.4) is 0 Å². The maximum Gasteiger partial charge on any atom is 0.258 e. The lowest BCUT2D eigenvalue weighted by atomic mass is 10.2. The topological polar surface area (TPSA) is 67.8 Å². The van der Waals surface area contributed by atoms with Gasteiger partial charge in [0.2, 0.25) is 0 Å². The molecule has 0 unspecified atom stereocenters. The van der Waals surface area contributed by atoms with E-state index in [1.165, 1.54) is 12.1 Å². The first-order valence-corrected chi connectivity index (χ1v) is 6.33. The van der Waals surface area contributed by atoms with Gasteiger partial charge >= 0.3 is 0 Å². The molecule has 6 heteroatoms. The van der Waals surface area contributed by atoms with E-state index in [9.17, 15) is 9.18 Å². The first-order chi connectivity index (χ1) is 10.1. The highest BCUT2D eigenvalue weighted by atomic mass is 19.1. The molecule has 3 rings (SSSR count). The minimum Gasteiger partial charge on any atom is -0.508 e. The van der Waals surface area contributed by atoms with Crippen LogP contribution in [0.25, 0.3) is 0 Å². The fourth-order valence-electron chi connectivity index (χ4n) is 2.01. The molecule has 2 N–H and O–H groups in total. The minimum atomic E-state index is -0.787. The van der Waals surface area contributed by atoms with E-state index in [2.05, 4.69) is 5.32 Å². The summed E-state index contributed by atoms with van der Waals surface area (Å²) in [7, 11) is 0. The van der Waals surface area contributed by atoms with Crippen molar-refractivity contribution in [1.29, 1.82) is 0 Å². The zero-order valence-corrected chi connectivity index (χ0v) is 10.9. The van der Waals surface area contributed by atoms with Gasteiger partial charge < -0.3 is 19.9 Å². The molecule has 0 spiro atoms. The average molecular weight is 289 g/mol. The SMILES string of the molecule is O=C(Nc1ccc2c(c1)OCCO2)c1ccc(O)cc1F. The van der Waals surface area contributed by atoms with Gasteiger partial charge in [-0.2, -0.15) is 0 Å². The van der Waals surface area contributed by atoms with Crippen molar-refractivity contribution < 1.29 is 23.8 Å². The van der Waals surface area contributed by atoms with E-state index >= 15 is 0 Å². The second kappa shape index (κ2) is 5.32. The van der Waals surface area contributed by atoms with Crippen LogP contribution >= 0.6 is 0 Å². The number of carbonyl (C=O) groups is 1. The molecular weight excluding hydrogens is 277 g/mol. The summed E-state index contributed by atoms with van der Waals surface area (Å²) in [6, 6.07) is 8.30. The number of rotatable bonds is 2. The predicted octanol–water partition coefficient (Wildman–Crippen LogP) is 2.55. The van der Waals surface area contributed by atoms with Crippen molar-refractivity contribution in [2.24, 2.45) is 0 Å². The van der Waals surface area contributed by atoms with E-state index in [-0.39, 0.29) is 11.3 Å². The molecule has 1 aliphatic heterocycles. The van der Waals surface area contributed by atoms with Gasteiger partial charge in [-0.3, -0.25) is 4.79 Å². The maximum atomic E-state index is 13.6. The first kappa shape index (κ1) is 13.2. The van der Waals surface area contributed by atoms with E-state index in [4.69, 9.17) is 14.6 Å². The number of carbonyl (C=O) groups excluding carboxylic acids is 1. The van der Waals surface area contributed by atoms with Gasteiger partial charge in [-0.25, -0.2) is 4.39 Å². The summed E-state index contributed by atoms with van der Waals surface area (Å²) < 4.78 is 24.4. The fourth-order valence-corrected chi connectivity index (χ4v) is 2.01. The number of nitrogens with one attached hydrogen (secondary N) is 1. The molecule has 108 valence electrons. The highest BCUT2D eigenvalue weighted by Crippen LogP contribution is 2.32. The highest BCUT2D eigenvalue weighted by molar-refractivity contribution is 6.04. The average Bonchev–Trinajstić information content (AvgIpc) is 2.47. The molecule has 2 aromatic rings. The number of fused-ring (bicyclic) bond motifs is 1. The van der Waals surface area contributed by atoms with Crippen molar-refractivity contribution in [2.75, 3.05) is 18.5 Å². The Balaban J connectivity index is 1.81. The quantitative estimate of drug-likeness (QED) is 0.891. The summed E-state index contributed by atoms with van der Waals surface area (Å²) in [5.41, 5.74) is 0.319. The standard InChI is InChI=1S/C15H12FNO4/c16-12-8-10(18)2-3-11(12)15(19)17-9-1-4-13-14(7-9)21-6-5-20-13/h1-4,7-8,18H,5-6H2,(H,17,19). The lowest BCUT2D eigenvalue weighted by Gasteiger charge is -2.19. The van der Waals surface area contributed by atoms with Crippen LogP contribution in [-0.2, 0) is 0 Å². The third-order valence-corrected chi connectivity index (χ3v) is 3.00. The van der Waals surface area contributed by atoms with Crippen molar-refractivity contribution in [3.8, 4) is 17.2 Å². The molecule has 2 aromatic carbocycles. The van der Waals surface area contributed by atoms with Crippen LogP contribution in [0, 0.1) is 5.82 Å². The van der Waals surface area contributed by atoms with Crippen LogP contribution in [0.15, 0.2) is 36.4 Å². The Morgan fingerprint density at radius 3 is 2.62 bits per heavy atom. The third kappa shape index (κ3) is 2.74. The molecular formula is C15H12FNO4. The number of amides is 1. The van der Waals surface area contributed by atoms with E-state index in [0.29, 0.717) is 30.4 Å². The molecule has 0 saturated heterocycles. The van der Waals surface area contributed by atoms with Crippen molar-refractivity contribution in [3.63, 3.8) is 0 Å². The van der Waals surface area contributed by atoms with Crippen LogP contribution in [0.2, 0.25) is 0 Å². The number of phenolic OH excluding ortho intramolecular Hbond substituents is 1. The summed E-state index contributed by atoms with van der Waals surface area (Å²) in [5, 5.41) is 11.7. The predicted molar refractivity (Wildman–Crippen MR) is 73.5 cm³/mol. The Morgan fingerprint density at radius 1 is 1.10 bits per heavy atom. The van der Waals surface area contributed by atoms with Crippen LogP contribution < -0.4 is 14.8 Å². The van der Waals surface area contributed by atoms with Gasteiger partial charge in [0.1, 0.15) is 24.8 Å². The van der Waals surface area contributed by atoms with Crippen molar-refractivity contribution >= 4 is 11.6 Å². The number of aromatic hydroxyl groups is 1.